The SMILES string of the molecule is CC.CCCc1ccccc1Oc1c(NS(=O)c2ccc(C)cn2)nc(-c2ccncc2)nc1OC. The molecule has 0 amide bonds. The van der Waals surface area contributed by atoms with Crippen molar-refractivity contribution in [1.29, 1.82) is 0 Å². The number of methoxy groups -OCH3 is 1. The van der Waals surface area contributed by atoms with Crippen molar-refractivity contribution in [2.75, 3.05) is 11.8 Å². The average Bonchev–Trinajstić information content (AvgIpc) is 2.92. The molecule has 8 nitrogen and oxygen atoms in total. The Kier molecular flexibility index (Phi) is 9.88. The molecule has 1 unspecified atom stereocenters. The smallest absolute Gasteiger partial charge is 0.263 e. The van der Waals surface area contributed by atoms with E-state index in [-0.39, 0.29) is 17.4 Å². The average molecular weight is 506 g/mol. The molecule has 1 atom stereocenters. The molecule has 0 spiro atoms. The number of aromatic nitrogens is 4. The fourth-order valence-electron chi connectivity index (χ4n) is 3.25. The number of anilines is 1. The molecule has 188 valence electrons. The molecule has 9 heteroatoms. The van der Waals surface area contributed by atoms with Crippen LogP contribution in [0.1, 0.15) is 38.3 Å². The maximum Gasteiger partial charge on any atom is 0.263 e. The van der Waals surface area contributed by atoms with Crippen molar-refractivity contribution in [1.82, 2.24) is 19.9 Å². The maximum absolute atomic E-state index is 13.1. The third kappa shape index (κ3) is 6.63. The second-order valence-electron chi connectivity index (χ2n) is 7.47. The molecule has 0 bridgehead atoms. The van der Waals surface area contributed by atoms with Crippen molar-refractivity contribution in [3.05, 3.63) is 78.2 Å². The van der Waals surface area contributed by atoms with Crippen LogP contribution in [0.25, 0.3) is 11.4 Å². The van der Waals surface area contributed by atoms with Gasteiger partial charge in [0.1, 0.15) is 10.8 Å². The molecule has 3 heterocycles. The Hall–Kier alpha value is -3.85. The van der Waals surface area contributed by atoms with Gasteiger partial charge in [0, 0.05) is 24.2 Å². The fraction of sp³-hybridized carbons (Fsp3) is 0.259. The number of para-hydroxylation sites is 1. The Morgan fingerprint density at radius 1 is 1.00 bits per heavy atom. The molecule has 4 aromatic rings. The van der Waals surface area contributed by atoms with E-state index in [1.165, 1.54) is 7.11 Å². The molecule has 0 fully saturated rings. The quantitative estimate of drug-likeness (QED) is 0.291. The number of pyridine rings is 2. The van der Waals surface area contributed by atoms with Gasteiger partial charge < -0.3 is 9.47 Å². The molecule has 0 radical (unpaired) electrons. The van der Waals surface area contributed by atoms with Gasteiger partial charge in [-0.1, -0.05) is 51.5 Å². The minimum Gasteiger partial charge on any atom is -0.478 e. The Morgan fingerprint density at radius 3 is 2.42 bits per heavy atom. The first-order chi connectivity index (χ1) is 17.6. The zero-order valence-electron chi connectivity index (χ0n) is 21.2. The van der Waals surface area contributed by atoms with Gasteiger partial charge in [-0.05, 0) is 48.7 Å². The van der Waals surface area contributed by atoms with Gasteiger partial charge in [0.2, 0.25) is 5.75 Å². The summed E-state index contributed by atoms with van der Waals surface area (Å²) in [7, 11) is -0.188. The first-order valence-electron chi connectivity index (χ1n) is 11.8. The molecule has 0 aliphatic heterocycles. The minimum atomic E-state index is -1.69. The highest BCUT2D eigenvalue weighted by Crippen LogP contribution is 2.39. The molecule has 0 saturated heterocycles. The molecular weight excluding hydrogens is 474 g/mol. The molecule has 0 aliphatic rings. The summed E-state index contributed by atoms with van der Waals surface area (Å²) in [6, 6.07) is 14.9. The van der Waals surface area contributed by atoms with Gasteiger partial charge in [0.25, 0.3) is 5.88 Å². The van der Waals surface area contributed by atoms with Crippen LogP contribution in [0, 0.1) is 6.92 Å². The van der Waals surface area contributed by atoms with E-state index < -0.39 is 11.0 Å². The maximum atomic E-state index is 13.1. The zero-order valence-corrected chi connectivity index (χ0v) is 22.0. The second-order valence-corrected chi connectivity index (χ2v) is 8.63. The van der Waals surface area contributed by atoms with E-state index in [4.69, 9.17) is 9.47 Å². The van der Waals surface area contributed by atoms with Crippen LogP contribution in [0.2, 0.25) is 0 Å². The van der Waals surface area contributed by atoms with Crippen LogP contribution in [-0.4, -0.2) is 31.3 Å². The standard InChI is InChI=1S/C25H25N5O3S.C2H6/c1-4-7-18-8-5-6-9-20(18)33-22-24(30-34(31)21-11-10-17(2)16-27-21)28-23(29-25(22)32-3)19-12-14-26-15-13-19;1-2/h5-6,8-16H,4,7H2,1-3H3,(H,28,29,30);1-2H3. The lowest BCUT2D eigenvalue weighted by molar-refractivity contribution is 0.362. The Bertz CT molecular complexity index is 1280. The molecule has 3 aromatic heterocycles. The van der Waals surface area contributed by atoms with E-state index in [0.717, 1.165) is 29.5 Å². The van der Waals surface area contributed by atoms with Crippen LogP contribution < -0.4 is 14.2 Å². The third-order valence-corrected chi connectivity index (χ3v) is 5.93. The molecule has 36 heavy (non-hydrogen) atoms. The van der Waals surface area contributed by atoms with Crippen molar-refractivity contribution in [3.63, 3.8) is 0 Å². The first kappa shape index (κ1) is 26.7. The van der Waals surface area contributed by atoms with Crippen LogP contribution >= 0.6 is 0 Å². The summed E-state index contributed by atoms with van der Waals surface area (Å²) in [4.78, 5) is 17.5. The van der Waals surface area contributed by atoms with Gasteiger partial charge >= 0.3 is 0 Å². The zero-order chi connectivity index (χ0) is 25.9. The largest absolute Gasteiger partial charge is 0.478 e. The van der Waals surface area contributed by atoms with E-state index in [0.29, 0.717) is 16.6 Å². The predicted octanol–water partition coefficient (Wildman–Crippen LogP) is 6.16. The van der Waals surface area contributed by atoms with E-state index >= 15 is 0 Å². The number of benzene rings is 1. The van der Waals surface area contributed by atoms with Crippen molar-refractivity contribution in [2.45, 2.75) is 45.6 Å². The lowest BCUT2D eigenvalue weighted by Crippen LogP contribution is -2.11. The summed E-state index contributed by atoms with van der Waals surface area (Å²) < 4.78 is 27.9. The number of nitrogens with zero attached hydrogens (tertiary/aromatic N) is 4. The Labute approximate surface area is 214 Å². The number of hydrogen-bond donors (Lipinski definition) is 1. The molecule has 1 aromatic carbocycles. The number of ether oxygens (including phenoxy) is 2. The van der Waals surface area contributed by atoms with Gasteiger partial charge in [-0.25, -0.2) is 14.2 Å². The van der Waals surface area contributed by atoms with Crippen molar-refractivity contribution >= 4 is 16.8 Å². The van der Waals surface area contributed by atoms with Crippen molar-refractivity contribution in [3.8, 4) is 28.8 Å². The fourth-order valence-corrected chi connectivity index (χ4v) is 4.01. The first-order valence-corrected chi connectivity index (χ1v) is 13.0. The summed E-state index contributed by atoms with van der Waals surface area (Å²) in [6.07, 6.45) is 6.77. The van der Waals surface area contributed by atoms with Gasteiger partial charge in [-0.2, -0.15) is 4.98 Å². The Balaban J connectivity index is 0.00000176. The topological polar surface area (TPSA) is 99.1 Å². The number of nitrogens with one attached hydrogen (secondary N) is 1. The van der Waals surface area contributed by atoms with E-state index in [9.17, 15) is 4.21 Å². The van der Waals surface area contributed by atoms with Crippen LogP contribution in [-0.2, 0) is 17.4 Å². The number of aryl methyl sites for hydroxylation is 2. The summed E-state index contributed by atoms with van der Waals surface area (Å²) >= 11 is 0. The molecule has 4 rings (SSSR count). The van der Waals surface area contributed by atoms with Gasteiger partial charge in [0.15, 0.2) is 22.6 Å². The predicted molar refractivity (Wildman–Crippen MR) is 143 cm³/mol. The van der Waals surface area contributed by atoms with Gasteiger partial charge in [0.05, 0.1) is 7.11 Å². The summed E-state index contributed by atoms with van der Waals surface area (Å²) in [6.45, 7) is 8.03. The van der Waals surface area contributed by atoms with E-state index in [2.05, 4.69) is 31.6 Å². The lowest BCUT2D eigenvalue weighted by Gasteiger charge is -2.17. The lowest BCUT2D eigenvalue weighted by atomic mass is 10.1. The Morgan fingerprint density at radius 2 is 1.75 bits per heavy atom. The van der Waals surface area contributed by atoms with Crippen LogP contribution in [0.15, 0.2) is 72.1 Å². The summed E-state index contributed by atoms with van der Waals surface area (Å²) in [5, 5.41) is 0.367. The number of rotatable bonds is 9. The van der Waals surface area contributed by atoms with Crippen molar-refractivity contribution < 1.29 is 13.7 Å². The molecule has 0 aliphatic carbocycles. The van der Waals surface area contributed by atoms with E-state index in [1.807, 2.05) is 51.1 Å². The highest BCUT2D eigenvalue weighted by atomic mass is 32.2. The molecule has 1 N–H and O–H groups in total. The minimum absolute atomic E-state index is 0.212. The molecule has 0 saturated carbocycles. The molecular formula is C27H31N5O3S. The highest BCUT2D eigenvalue weighted by molar-refractivity contribution is 7.86. The van der Waals surface area contributed by atoms with E-state index in [1.54, 1.807) is 36.8 Å². The highest BCUT2D eigenvalue weighted by Gasteiger charge is 2.22. The monoisotopic (exact) mass is 505 g/mol. The van der Waals surface area contributed by atoms with Crippen LogP contribution in [0.5, 0.6) is 17.4 Å². The number of hydrogen-bond acceptors (Lipinski definition) is 7. The van der Waals surface area contributed by atoms with Crippen LogP contribution in [0.4, 0.5) is 5.82 Å². The van der Waals surface area contributed by atoms with Crippen LogP contribution in [0.3, 0.4) is 0 Å². The van der Waals surface area contributed by atoms with Gasteiger partial charge in [-0.3, -0.25) is 9.71 Å². The third-order valence-electron chi connectivity index (χ3n) is 4.93. The second kappa shape index (κ2) is 13.3. The summed E-state index contributed by atoms with van der Waals surface area (Å²) in [5.74, 6) is 1.72. The van der Waals surface area contributed by atoms with Gasteiger partial charge in [-0.15, -0.1) is 0 Å². The van der Waals surface area contributed by atoms with Crippen molar-refractivity contribution in [2.24, 2.45) is 0 Å². The summed E-state index contributed by atoms with van der Waals surface area (Å²) in [5.41, 5.74) is 2.74. The normalized spacial score (nSPS) is 11.1.